The molecule has 3 rings (SSSR count). The first-order valence-corrected chi connectivity index (χ1v) is 6.07. The second kappa shape index (κ2) is 4.78. The Bertz CT molecular complexity index is 731. The normalized spacial score (nSPS) is 11.2. The summed E-state index contributed by atoms with van der Waals surface area (Å²) in [5.41, 5.74) is 2.93. The van der Waals surface area contributed by atoms with E-state index >= 15 is 0 Å². The molecule has 104 valence electrons. The van der Waals surface area contributed by atoms with Crippen LogP contribution in [-0.2, 0) is 0 Å². The van der Waals surface area contributed by atoms with E-state index in [2.05, 4.69) is 30.7 Å². The van der Waals surface area contributed by atoms with Crippen molar-refractivity contribution in [2.45, 2.75) is 19.9 Å². The van der Waals surface area contributed by atoms with Gasteiger partial charge in [-0.3, -0.25) is 15.2 Å². The molecule has 9 nitrogen and oxygen atoms in total. The number of nitrogen functional groups attached to an aromatic ring is 1. The van der Waals surface area contributed by atoms with E-state index in [1.807, 2.05) is 13.8 Å². The van der Waals surface area contributed by atoms with Crippen LogP contribution in [0.25, 0.3) is 11.0 Å². The fraction of sp³-hybridized carbons (Fsp3) is 0.273. The summed E-state index contributed by atoms with van der Waals surface area (Å²) in [5, 5.41) is 11.5. The van der Waals surface area contributed by atoms with Gasteiger partial charge in [0, 0.05) is 6.04 Å². The summed E-state index contributed by atoms with van der Waals surface area (Å²) in [6.45, 7) is 4.07. The van der Waals surface area contributed by atoms with Crippen molar-refractivity contribution in [3.63, 3.8) is 0 Å². The van der Waals surface area contributed by atoms with Crippen molar-refractivity contribution in [3.8, 4) is 11.6 Å². The zero-order valence-corrected chi connectivity index (χ0v) is 11.0. The van der Waals surface area contributed by atoms with Gasteiger partial charge in [-0.15, -0.1) is 0 Å². The van der Waals surface area contributed by atoms with Gasteiger partial charge in [0.15, 0.2) is 11.4 Å². The summed E-state index contributed by atoms with van der Waals surface area (Å²) in [4.78, 5) is 8.30. The van der Waals surface area contributed by atoms with Crippen molar-refractivity contribution in [1.82, 2.24) is 29.9 Å². The zero-order valence-electron chi connectivity index (χ0n) is 11.0. The molecular weight excluding hydrogens is 260 g/mol. The van der Waals surface area contributed by atoms with Crippen LogP contribution in [0.4, 0.5) is 5.95 Å². The molecule has 0 aliphatic rings. The molecule has 20 heavy (non-hydrogen) atoms. The number of hydrogen-bond donors (Lipinski definition) is 3. The average Bonchev–Trinajstić information content (AvgIpc) is 3.06. The summed E-state index contributed by atoms with van der Waals surface area (Å²) in [6.07, 6.45) is 5.02. The quantitative estimate of drug-likeness (QED) is 0.483. The first-order chi connectivity index (χ1) is 9.67. The standard InChI is InChI=1S/C11H14N8O/c1-6(2)19-5-7(3-14-19)20-10-8-4-13-18-9(8)15-11(16-10)17-12/h3-6H,12H2,1-2H3,(H2,13,15,16,17,18). The molecule has 3 heterocycles. The number of aromatic nitrogens is 6. The first-order valence-electron chi connectivity index (χ1n) is 6.07. The van der Waals surface area contributed by atoms with Crippen molar-refractivity contribution >= 4 is 17.0 Å². The van der Waals surface area contributed by atoms with Gasteiger partial charge in [-0.2, -0.15) is 20.2 Å². The number of hydrazine groups is 1. The third kappa shape index (κ3) is 2.14. The summed E-state index contributed by atoms with van der Waals surface area (Å²) in [7, 11) is 0. The lowest BCUT2D eigenvalue weighted by Gasteiger charge is -2.05. The van der Waals surface area contributed by atoms with E-state index in [0.29, 0.717) is 22.7 Å². The van der Waals surface area contributed by atoms with E-state index < -0.39 is 0 Å². The van der Waals surface area contributed by atoms with Gasteiger partial charge in [0.25, 0.3) is 0 Å². The Kier molecular flexibility index (Phi) is 2.95. The number of hydrogen-bond acceptors (Lipinski definition) is 7. The molecule has 3 aromatic rings. The minimum atomic E-state index is 0.244. The van der Waals surface area contributed by atoms with Gasteiger partial charge in [0.1, 0.15) is 5.39 Å². The number of nitrogens with two attached hydrogens (primary N) is 1. The van der Waals surface area contributed by atoms with Crippen LogP contribution in [0.5, 0.6) is 11.6 Å². The second-order valence-corrected chi connectivity index (χ2v) is 4.48. The summed E-state index contributed by atoms with van der Waals surface area (Å²) in [6, 6.07) is 0.257. The Labute approximate surface area is 114 Å². The molecule has 0 fully saturated rings. The first kappa shape index (κ1) is 12.4. The number of fused-ring (bicyclic) bond motifs is 1. The van der Waals surface area contributed by atoms with E-state index in [4.69, 9.17) is 10.6 Å². The van der Waals surface area contributed by atoms with E-state index in [-0.39, 0.29) is 12.0 Å². The highest BCUT2D eigenvalue weighted by atomic mass is 16.5. The van der Waals surface area contributed by atoms with Crippen molar-refractivity contribution < 1.29 is 4.74 Å². The molecule has 0 spiro atoms. The smallest absolute Gasteiger partial charge is 0.242 e. The van der Waals surface area contributed by atoms with Crippen molar-refractivity contribution in [1.29, 1.82) is 0 Å². The highest BCUT2D eigenvalue weighted by Gasteiger charge is 2.12. The van der Waals surface area contributed by atoms with Gasteiger partial charge in [-0.1, -0.05) is 0 Å². The molecule has 0 saturated heterocycles. The predicted octanol–water partition coefficient (Wildman–Crippen LogP) is 1.21. The topological polar surface area (TPSA) is 120 Å². The molecule has 0 radical (unpaired) electrons. The monoisotopic (exact) mass is 274 g/mol. The molecule has 0 atom stereocenters. The molecule has 4 N–H and O–H groups in total. The molecule has 0 unspecified atom stereocenters. The predicted molar refractivity (Wildman–Crippen MR) is 72.2 cm³/mol. The number of anilines is 1. The van der Waals surface area contributed by atoms with Crippen LogP contribution in [0.15, 0.2) is 18.6 Å². The second-order valence-electron chi connectivity index (χ2n) is 4.48. The van der Waals surface area contributed by atoms with Crippen molar-refractivity contribution in [2.75, 3.05) is 5.43 Å². The zero-order chi connectivity index (χ0) is 14.1. The summed E-state index contributed by atoms with van der Waals surface area (Å²) >= 11 is 0. The minimum absolute atomic E-state index is 0.244. The molecule has 0 bridgehead atoms. The maximum absolute atomic E-state index is 5.73. The molecule has 0 amide bonds. The van der Waals surface area contributed by atoms with E-state index in [0.717, 1.165) is 0 Å². The third-order valence-electron chi connectivity index (χ3n) is 2.73. The lowest BCUT2D eigenvalue weighted by Crippen LogP contribution is -2.10. The van der Waals surface area contributed by atoms with Gasteiger partial charge in [0.2, 0.25) is 11.8 Å². The summed E-state index contributed by atoms with van der Waals surface area (Å²) < 4.78 is 7.53. The number of aromatic amines is 1. The molecule has 9 heteroatoms. The Morgan fingerprint density at radius 3 is 2.90 bits per heavy atom. The molecule has 0 saturated carbocycles. The van der Waals surface area contributed by atoms with Crippen molar-refractivity contribution in [2.24, 2.45) is 5.84 Å². The Morgan fingerprint density at radius 2 is 2.20 bits per heavy atom. The molecule has 0 aliphatic heterocycles. The van der Waals surface area contributed by atoms with Crippen LogP contribution < -0.4 is 16.0 Å². The Morgan fingerprint density at radius 1 is 1.35 bits per heavy atom. The van der Waals surface area contributed by atoms with E-state index in [1.165, 1.54) is 0 Å². The van der Waals surface area contributed by atoms with Gasteiger partial charge >= 0.3 is 0 Å². The molecular formula is C11H14N8O. The maximum atomic E-state index is 5.73. The maximum Gasteiger partial charge on any atom is 0.242 e. The SMILES string of the molecule is CC(C)n1cc(Oc2nc(NN)nc3[nH]ncc23)cn1. The highest BCUT2D eigenvalue weighted by molar-refractivity contribution is 5.80. The lowest BCUT2D eigenvalue weighted by molar-refractivity contribution is 0.464. The molecule has 0 aromatic carbocycles. The number of nitrogens with zero attached hydrogens (tertiary/aromatic N) is 5. The fourth-order valence-corrected chi connectivity index (χ4v) is 1.72. The van der Waals surface area contributed by atoms with E-state index in [9.17, 15) is 0 Å². The third-order valence-corrected chi connectivity index (χ3v) is 2.73. The van der Waals surface area contributed by atoms with Crippen LogP contribution in [0, 0.1) is 0 Å². The van der Waals surface area contributed by atoms with Crippen molar-refractivity contribution in [3.05, 3.63) is 18.6 Å². The number of H-pyrrole nitrogens is 1. The van der Waals surface area contributed by atoms with Gasteiger partial charge in [-0.25, -0.2) is 5.84 Å². The largest absolute Gasteiger partial charge is 0.435 e. The van der Waals surface area contributed by atoms with E-state index in [1.54, 1.807) is 23.3 Å². The van der Waals surface area contributed by atoms with Crippen LogP contribution in [0.3, 0.4) is 0 Å². The minimum Gasteiger partial charge on any atom is -0.435 e. The molecule has 0 aliphatic carbocycles. The fourth-order valence-electron chi connectivity index (χ4n) is 1.72. The number of nitrogens with one attached hydrogen (secondary N) is 2. The molecule has 3 aromatic heterocycles. The Balaban J connectivity index is 1.98. The number of rotatable bonds is 4. The highest BCUT2D eigenvalue weighted by Crippen LogP contribution is 2.27. The van der Waals surface area contributed by atoms with Gasteiger partial charge in [-0.05, 0) is 13.8 Å². The number of ether oxygens (including phenoxy) is 1. The van der Waals surface area contributed by atoms with Gasteiger partial charge in [0.05, 0.1) is 18.6 Å². The van der Waals surface area contributed by atoms with Crippen LogP contribution in [0.2, 0.25) is 0 Å². The van der Waals surface area contributed by atoms with Crippen LogP contribution >= 0.6 is 0 Å². The summed E-state index contributed by atoms with van der Waals surface area (Å²) in [5.74, 6) is 6.53. The lowest BCUT2D eigenvalue weighted by atomic mass is 10.4. The Hall–Kier alpha value is -2.68. The van der Waals surface area contributed by atoms with Crippen LogP contribution in [0.1, 0.15) is 19.9 Å². The van der Waals surface area contributed by atoms with Crippen LogP contribution in [-0.4, -0.2) is 29.9 Å². The average molecular weight is 274 g/mol. The van der Waals surface area contributed by atoms with Gasteiger partial charge < -0.3 is 4.74 Å².